The number of hydrogen-bond acceptors (Lipinski definition) is 3. The molecule has 1 spiro atoms. The van der Waals surface area contributed by atoms with Crippen molar-refractivity contribution in [2.45, 2.75) is 32.2 Å². The van der Waals surface area contributed by atoms with E-state index in [-0.39, 0.29) is 17.6 Å². The van der Waals surface area contributed by atoms with Gasteiger partial charge in [-0.2, -0.15) is 11.8 Å². The molecule has 0 aromatic heterocycles. The van der Waals surface area contributed by atoms with E-state index in [1.54, 1.807) is 23.9 Å². The number of carbonyl (C=O) groups is 2. The molecule has 2 saturated heterocycles. The molecule has 2 amide bonds. The van der Waals surface area contributed by atoms with Crippen molar-refractivity contribution >= 4 is 23.6 Å². The van der Waals surface area contributed by atoms with Gasteiger partial charge < -0.3 is 9.80 Å². The van der Waals surface area contributed by atoms with Gasteiger partial charge in [-0.3, -0.25) is 9.59 Å². The summed E-state index contributed by atoms with van der Waals surface area (Å²) in [5, 5.41) is 0. The number of halogens is 1. The van der Waals surface area contributed by atoms with Gasteiger partial charge in [0.05, 0.1) is 5.41 Å². The van der Waals surface area contributed by atoms with Crippen LogP contribution in [0.2, 0.25) is 0 Å². The van der Waals surface area contributed by atoms with E-state index in [4.69, 9.17) is 0 Å². The summed E-state index contributed by atoms with van der Waals surface area (Å²) in [7, 11) is 0. The molecule has 25 heavy (non-hydrogen) atoms. The largest absolute Gasteiger partial charge is 0.342 e. The maximum atomic E-state index is 13.1. The van der Waals surface area contributed by atoms with E-state index in [2.05, 4.69) is 0 Å². The highest BCUT2D eigenvalue weighted by Gasteiger charge is 2.49. The van der Waals surface area contributed by atoms with Gasteiger partial charge >= 0.3 is 0 Å². The molecular weight excluding hydrogens is 339 g/mol. The first kappa shape index (κ1) is 18.2. The van der Waals surface area contributed by atoms with E-state index in [9.17, 15) is 14.0 Å². The van der Waals surface area contributed by atoms with Crippen molar-refractivity contribution in [3.63, 3.8) is 0 Å². The van der Waals surface area contributed by atoms with Crippen LogP contribution in [0.1, 0.15) is 31.2 Å². The molecule has 0 saturated carbocycles. The number of amides is 2. The van der Waals surface area contributed by atoms with Crippen molar-refractivity contribution in [1.82, 2.24) is 9.80 Å². The minimum absolute atomic E-state index is 0.156. The SMILES string of the molecule is CSCCC(=O)N1CC[C@]2(CCCN(Cc3ccc(F)cc3)C2=O)C1. The monoisotopic (exact) mass is 364 g/mol. The summed E-state index contributed by atoms with van der Waals surface area (Å²) in [4.78, 5) is 29.2. The van der Waals surface area contributed by atoms with Gasteiger partial charge in [-0.15, -0.1) is 0 Å². The fraction of sp³-hybridized carbons (Fsp3) is 0.579. The Kier molecular flexibility index (Phi) is 5.67. The van der Waals surface area contributed by atoms with E-state index in [0.717, 1.165) is 37.1 Å². The zero-order valence-electron chi connectivity index (χ0n) is 14.7. The number of likely N-dealkylation sites (tertiary alicyclic amines) is 2. The van der Waals surface area contributed by atoms with Crippen LogP contribution in [0.25, 0.3) is 0 Å². The molecular formula is C19H25FN2O2S. The number of thioether (sulfide) groups is 1. The highest BCUT2D eigenvalue weighted by Crippen LogP contribution is 2.40. The number of rotatable bonds is 5. The second kappa shape index (κ2) is 7.77. The molecule has 0 aliphatic carbocycles. The van der Waals surface area contributed by atoms with Crippen LogP contribution < -0.4 is 0 Å². The summed E-state index contributed by atoms with van der Waals surface area (Å²) >= 11 is 1.67. The highest BCUT2D eigenvalue weighted by atomic mass is 32.2. The minimum Gasteiger partial charge on any atom is -0.342 e. The van der Waals surface area contributed by atoms with Crippen molar-refractivity contribution in [3.05, 3.63) is 35.6 Å². The first-order valence-electron chi connectivity index (χ1n) is 8.85. The molecule has 0 unspecified atom stereocenters. The fourth-order valence-corrected chi connectivity index (χ4v) is 4.30. The first-order chi connectivity index (χ1) is 12.0. The molecule has 2 aliphatic rings. The number of piperidine rings is 1. The molecule has 3 rings (SSSR count). The second-order valence-corrected chi connectivity index (χ2v) is 8.03. The molecule has 2 fully saturated rings. The highest BCUT2D eigenvalue weighted by molar-refractivity contribution is 7.98. The van der Waals surface area contributed by atoms with Crippen molar-refractivity contribution in [2.24, 2.45) is 5.41 Å². The normalized spacial score (nSPS) is 23.5. The lowest BCUT2D eigenvalue weighted by Crippen LogP contribution is -2.50. The molecule has 0 radical (unpaired) electrons. The van der Waals surface area contributed by atoms with Gasteiger partial charge in [0.2, 0.25) is 11.8 Å². The van der Waals surface area contributed by atoms with E-state index < -0.39 is 5.41 Å². The van der Waals surface area contributed by atoms with Crippen LogP contribution in [0.5, 0.6) is 0 Å². The Bertz CT molecular complexity index is 637. The smallest absolute Gasteiger partial charge is 0.230 e. The van der Waals surface area contributed by atoms with Crippen LogP contribution in [-0.4, -0.2) is 53.3 Å². The topological polar surface area (TPSA) is 40.6 Å². The Labute approximate surface area is 152 Å². The van der Waals surface area contributed by atoms with Gasteiger partial charge in [0.1, 0.15) is 5.82 Å². The number of benzene rings is 1. The second-order valence-electron chi connectivity index (χ2n) is 7.05. The third-order valence-electron chi connectivity index (χ3n) is 5.34. The van der Waals surface area contributed by atoms with Crippen LogP contribution in [0.15, 0.2) is 24.3 Å². The van der Waals surface area contributed by atoms with Gasteiger partial charge in [0, 0.05) is 38.4 Å². The van der Waals surface area contributed by atoms with Crippen molar-refractivity contribution in [3.8, 4) is 0 Å². The lowest BCUT2D eigenvalue weighted by atomic mass is 9.78. The Morgan fingerprint density at radius 2 is 2.00 bits per heavy atom. The summed E-state index contributed by atoms with van der Waals surface area (Å²) in [5.74, 6) is 0.880. The number of carbonyl (C=O) groups excluding carboxylic acids is 2. The van der Waals surface area contributed by atoms with Crippen LogP contribution in [0.4, 0.5) is 4.39 Å². The zero-order chi connectivity index (χ0) is 17.9. The van der Waals surface area contributed by atoms with Gasteiger partial charge in [-0.1, -0.05) is 12.1 Å². The molecule has 0 N–H and O–H groups in total. The Balaban J connectivity index is 1.65. The van der Waals surface area contributed by atoms with E-state index in [1.165, 1.54) is 12.1 Å². The molecule has 6 heteroatoms. The van der Waals surface area contributed by atoms with Crippen LogP contribution >= 0.6 is 11.8 Å². The molecule has 0 bridgehead atoms. The summed E-state index contributed by atoms with van der Waals surface area (Å²) < 4.78 is 13.1. The van der Waals surface area contributed by atoms with Gasteiger partial charge in [-0.05, 0) is 43.2 Å². The quantitative estimate of drug-likeness (QED) is 0.807. The summed E-state index contributed by atoms with van der Waals surface area (Å²) in [5.41, 5.74) is 0.533. The van der Waals surface area contributed by atoms with Crippen LogP contribution in [-0.2, 0) is 16.1 Å². The summed E-state index contributed by atoms with van der Waals surface area (Å²) in [6.45, 7) is 2.49. The third-order valence-corrected chi connectivity index (χ3v) is 5.95. The maximum Gasteiger partial charge on any atom is 0.230 e. The predicted molar refractivity (Wildman–Crippen MR) is 97.7 cm³/mol. The molecule has 2 aliphatic heterocycles. The Hall–Kier alpha value is -1.56. The zero-order valence-corrected chi connectivity index (χ0v) is 15.5. The summed E-state index contributed by atoms with van der Waals surface area (Å²) in [6.07, 6.45) is 5.12. The number of hydrogen-bond donors (Lipinski definition) is 0. The lowest BCUT2D eigenvalue weighted by molar-refractivity contribution is -0.146. The Morgan fingerprint density at radius 3 is 2.72 bits per heavy atom. The van der Waals surface area contributed by atoms with Gasteiger partial charge in [-0.25, -0.2) is 4.39 Å². The minimum atomic E-state index is -0.409. The van der Waals surface area contributed by atoms with E-state index in [1.807, 2.05) is 16.1 Å². The number of nitrogens with zero attached hydrogens (tertiary/aromatic N) is 2. The molecule has 1 aromatic carbocycles. The van der Waals surface area contributed by atoms with Gasteiger partial charge in [0.15, 0.2) is 0 Å². The third kappa shape index (κ3) is 4.00. The lowest BCUT2D eigenvalue weighted by Gasteiger charge is -2.39. The van der Waals surface area contributed by atoms with E-state index >= 15 is 0 Å². The van der Waals surface area contributed by atoms with Crippen molar-refractivity contribution < 1.29 is 14.0 Å². The predicted octanol–water partition coefficient (Wildman–Crippen LogP) is 2.92. The first-order valence-corrected chi connectivity index (χ1v) is 10.2. The summed E-state index contributed by atoms with van der Waals surface area (Å²) in [6, 6.07) is 6.33. The molecule has 1 aromatic rings. The van der Waals surface area contributed by atoms with Crippen LogP contribution in [0.3, 0.4) is 0 Å². The van der Waals surface area contributed by atoms with Crippen molar-refractivity contribution in [1.29, 1.82) is 0 Å². The van der Waals surface area contributed by atoms with Crippen molar-refractivity contribution in [2.75, 3.05) is 31.6 Å². The molecule has 136 valence electrons. The fourth-order valence-electron chi connectivity index (χ4n) is 3.92. The molecule has 4 nitrogen and oxygen atoms in total. The maximum absolute atomic E-state index is 13.1. The molecule has 2 heterocycles. The average molecular weight is 364 g/mol. The average Bonchev–Trinajstić information content (AvgIpc) is 3.04. The standard InChI is InChI=1S/C19H25FN2O2S/c1-25-12-7-17(23)22-11-9-19(14-22)8-2-10-21(18(19)24)13-15-3-5-16(20)6-4-15/h3-6H,2,7-14H2,1H3/t19-/m1/s1. The van der Waals surface area contributed by atoms with E-state index in [0.29, 0.717) is 26.1 Å². The van der Waals surface area contributed by atoms with Gasteiger partial charge in [0.25, 0.3) is 0 Å². The Morgan fingerprint density at radius 1 is 1.24 bits per heavy atom. The van der Waals surface area contributed by atoms with Crippen LogP contribution in [0, 0.1) is 11.2 Å². The molecule has 1 atom stereocenters.